The molecule has 0 spiro atoms. The monoisotopic (exact) mass is 508 g/mol. The molecule has 4 atom stereocenters. The molecule has 2 aliphatic carbocycles. The lowest BCUT2D eigenvalue weighted by atomic mass is 9.63. The van der Waals surface area contributed by atoms with E-state index in [2.05, 4.69) is 27.0 Å². The molecule has 0 heterocycles. The van der Waals surface area contributed by atoms with Crippen LogP contribution in [-0.2, 0) is 19.1 Å². The second-order valence-corrected chi connectivity index (χ2v) is 11.0. The number of hydrogen-bond acceptors (Lipinski definition) is 6. The van der Waals surface area contributed by atoms with Gasteiger partial charge in [0.15, 0.2) is 0 Å². The maximum atomic E-state index is 11.9. The second-order valence-electron chi connectivity index (χ2n) is 11.0. The number of carbonyl (C=O) groups is 2. The van der Waals surface area contributed by atoms with Crippen LogP contribution in [0.2, 0.25) is 0 Å². The standard InChI is InChI=1S/C26H46O4.C4H6O2/c1-5-6-7-8-21-9-11-22(12-10-21)23-13-14-25(19(2)15-23)24(17-29-4)18-30-26(28)20(3)16-27;1-4(2-5)3-6/h19,21-25,27H,3,5-18H2,1-2,4H3;2,6H,1,3H2. The first-order chi connectivity index (χ1) is 17.3. The number of aliphatic hydroxyl groups excluding tert-OH is 2. The van der Waals surface area contributed by atoms with Crippen LogP contribution in [-0.4, -0.2) is 56.0 Å². The molecule has 208 valence electrons. The van der Waals surface area contributed by atoms with Crippen LogP contribution in [0.25, 0.3) is 0 Å². The zero-order valence-corrected chi connectivity index (χ0v) is 23.1. The molecule has 2 N–H and O–H groups in total. The third-order valence-electron chi connectivity index (χ3n) is 8.31. The van der Waals surface area contributed by atoms with Crippen molar-refractivity contribution in [1.29, 1.82) is 0 Å². The zero-order valence-electron chi connectivity index (χ0n) is 23.1. The normalized spacial score (nSPS) is 26.8. The van der Waals surface area contributed by atoms with Crippen LogP contribution in [0.15, 0.2) is 24.3 Å². The van der Waals surface area contributed by atoms with E-state index in [0.29, 0.717) is 31.3 Å². The SMILES string of the molecule is C=C(C=O)CO.C=C(CO)C(=O)OCC(COC)C1CCC(C2CCC(CCCCC)CC2)CC1C. The predicted molar refractivity (Wildman–Crippen MR) is 144 cm³/mol. The van der Waals surface area contributed by atoms with Crippen molar-refractivity contribution in [3.05, 3.63) is 24.3 Å². The van der Waals surface area contributed by atoms with E-state index in [-0.39, 0.29) is 30.3 Å². The number of rotatable bonds is 14. The summed E-state index contributed by atoms with van der Waals surface area (Å²) >= 11 is 0. The third-order valence-corrected chi connectivity index (χ3v) is 8.31. The van der Waals surface area contributed by atoms with Crippen molar-refractivity contribution in [3.8, 4) is 0 Å². The Morgan fingerprint density at radius 2 is 1.67 bits per heavy atom. The van der Waals surface area contributed by atoms with Crippen molar-refractivity contribution in [2.24, 2.45) is 35.5 Å². The fourth-order valence-electron chi connectivity index (χ4n) is 6.12. The van der Waals surface area contributed by atoms with Crippen molar-refractivity contribution in [3.63, 3.8) is 0 Å². The molecule has 36 heavy (non-hydrogen) atoms. The first-order valence-corrected chi connectivity index (χ1v) is 14.0. The summed E-state index contributed by atoms with van der Waals surface area (Å²) in [6, 6.07) is 0. The number of aldehydes is 1. The van der Waals surface area contributed by atoms with Crippen LogP contribution >= 0.6 is 0 Å². The molecule has 0 aromatic heterocycles. The molecule has 0 bridgehead atoms. The Morgan fingerprint density at radius 1 is 1.00 bits per heavy atom. The van der Waals surface area contributed by atoms with Crippen molar-refractivity contribution < 1.29 is 29.3 Å². The molecule has 2 rings (SSSR count). The molecule has 6 nitrogen and oxygen atoms in total. The highest BCUT2D eigenvalue weighted by atomic mass is 16.5. The van der Waals surface area contributed by atoms with Crippen molar-refractivity contribution in [2.45, 2.75) is 84.5 Å². The van der Waals surface area contributed by atoms with E-state index < -0.39 is 5.97 Å². The van der Waals surface area contributed by atoms with Crippen molar-refractivity contribution in [1.82, 2.24) is 0 Å². The summed E-state index contributed by atoms with van der Waals surface area (Å²) in [6.07, 6.45) is 15.7. The van der Waals surface area contributed by atoms with E-state index in [1.54, 1.807) is 7.11 Å². The van der Waals surface area contributed by atoms with Crippen LogP contribution < -0.4 is 0 Å². The largest absolute Gasteiger partial charge is 0.462 e. The van der Waals surface area contributed by atoms with Gasteiger partial charge in [0.25, 0.3) is 0 Å². The third kappa shape index (κ3) is 11.7. The summed E-state index contributed by atoms with van der Waals surface area (Å²) in [4.78, 5) is 21.4. The van der Waals surface area contributed by atoms with E-state index in [1.165, 1.54) is 70.6 Å². The van der Waals surface area contributed by atoms with Gasteiger partial charge in [0.2, 0.25) is 0 Å². The molecule has 0 saturated heterocycles. The number of hydrogen-bond donors (Lipinski definition) is 2. The van der Waals surface area contributed by atoms with Gasteiger partial charge in [-0.15, -0.1) is 0 Å². The Balaban J connectivity index is 0.000000960. The number of unbranched alkanes of at least 4 members (excludes halogenated alkanes) is 2. The number of esters is 1. The van der Waals surface area contributed by atoms with E-state index in [4.69, 9.17) is 19.7 Å². The fourth-order valence-corrected chi connectivity index (χ4v) is 6.12. The van der Waals surface area contributed by atoms with Gasteiger partial charge in [-0.3, -0.25) is 4.79 Å². The maximum Gasteiger partial charge on any atom is 0.335 e. The molecule has 0 radical (unpaired) electrons. The molecule has 0 amide bonds. The molecule has 0 aromatic carbocycles. The molecule has 4 unspecified atom stereocenters. The van der Waals surface area contributed by atoms with Gasteiger partial charge in [-0.2, -0.15) is 0 Å². The van der Waals surface area contributed by atoms with Gasteiger partial charge >= 0.3 is 5.97 Å². The number of carbonyl (C=O) groups excluding carboxylic acids is 2. The molecule has 0 aromatic rings. The first kappa shape index (κ1) is 32.5. The molecule has 0 aliphatic heterocycles. The summed E-state index contributed by atoms with van der Waals surface area (Å²) in [7, 11) is 1.72. The molecule has 6 heteroatoms. The number of methoxy groups -OCH3 is 1. The first-order valence-electron chi connectivity index (χ1n) is 14.0. The lowest BCUT2D eigenvalue weighted by Gasteiger charge is -2.43. The molecular formula is C30H52O6. The summed E-state index contributed by atoms with van der Waals surface area (Å²) in [6.45, 7) is 11.8. The highest BCUT2D eigenvalue weighted by Gasteiger charge is 2.37. The Labute approximate surface area is 219 Å². The van der Waals surface area contributed by atoms with Gasteiger partial charge < -0.3 is 19.7 Å². The molecular weight excluding hydrogens is 456 g/mol. The van der Waals surface area contributed by atoms with Crippen LogP contribution in [0.5, 0.6) is 0 Å². The Hall–Kier alpha value is -1.50. The lowest BCUT2D eigenvalue weighted by Crippen LogP contribution is -2.36. The quantitative estimate of drug-likeness (QED) is 0.139. The van der Waals surface area contributed by atoms with Gasteiger partial charge in [0.1, 0.15) is 6.29 Å². The zero-order chi connectivity index (χ0) is 26.9. The van der Waals surface area contributed by atoms with E-state index >= 15 is 0 Å². The van der Waals surface area contributed by atoms with Crippen LogP contribution in [0.3, 0.4) is 0 Å². The minimum absolute atomic E-state index is 0.119. The predicted octanol–water partition coefficient (Wildman–Crippen LogP) is 5.51. The molecule has 2 saturated carbocycles. The van der Waals surface area contributed by atoms with E-state index in [9.17, 15) is 9.59 Å². The highest BCUT2D eigenvalue weighted by Crippen LogP contribution is 2.46. The van der Waals surface area contributed by atoms with Gasteiger partial charge in [0.05, 0.1) is 32.0 Å². The average Bonchev–Trinajstić information content (AvgIpc) is 2.90. The Bertz CT molecular complexity index is 652. The fraction of sp³-hybridized carbons (Fsp3) is 0.800. The summed E-state index contributed by atoms with van der Waals surface area (Å²) < 4.78 is 10.9. The van der Waals surface area contributed by atoms with Crippen LogP contribution in [0.4, 0.5) is 0 Å². The highest BCUT2D eigenvalue weighted by molar-refractivity contribution is 5.87. The van der Waals surface area contributed by atoms with Gasteiger partial charge in [0, 0.05) is 18.6 Å². The minimum Gasteiger partial charge on any atom is -0.462 e. The van der Waals surface area contributed by atoms with Gasteiger partial charge in [-0.25, -0.2) is 4.79 Å². The Morgan fingerprint density at radius 3 is 2.17 bits per heavy atom. The van der Waals surface area contributed by atoms with Crippen molar-refractivity contribution >= 4 is 12.3 Å². The summed E-state index contributed by atoms with van der Waals surface area (Å²) in [5, 5.41) is 17.1. The van der Waals surface area contributed by atoms with Crippen LogP contribution in [0.1, 0.15) is 84.5 Å². The summed E-state index contributed by atoms with van der Waals surface area (Å²) in [5.41, 5.74) is 0.336. The van der Waals surface area contributed by atoms with Crippen molar-refractivity contribution in [2.75, 3.05) is 33.5 Å². The smallest absolute Gasteiger partial charge is 0.335 e. The topological polar surface area (TPSA) is 93.1 Å². The minimum atomic E-state index is -0.490. The van der Waals surface area contributed by atoms with E-state index in [0.717, 1.165) is 17.8 Å². The van der Waals surface area contributed by atoms with Crippen LogP contribution in [0, 0.1) is 35.5 Å². The maximum absolute atomic E-state index is 11.9. The molecule has 2 aliphatic rings. The van der Waals surface area contributed by atoms with E-state index in [1.807, 2.05) is 0 Å². The lowest BCUT2D eigenvalue weighted by molar-refractivity contribution is -0.142. The number of ether oxygens (including phenoxy) is 2. The van der Waals surface area contributed by atoms with Gasteiger partial charge in [-0.1, -0.05) is 65.5 Å². The van der Waals surface area contributed by atoms with Gasteiger partial charge in [-0.05, 0) is 61.7 Å². The molecule has 2 fully saturated rings. The second kappa shape index (κ2) is 18.7. The number of aliphatic hydroxyl groups is 2. The summed E-state index contributed by atoms with van der Waals surface area (Å²) in [5.74, 6) is 3.66. The average molecular weight is 509 g/mol. The Kier molecular flexibility index (Phi) is 16.9.